The molecule has 0 aromatic heterocycles. The average molecular weight is 503 g/mol. The van der Waals surface area contributed by atoms with E-state index in [0.29, 0.717) is 30.7 Å². The zero-order valence-corrected chi connectivity index (χ0v) is 22.1. The molecule has 3 rings (SSSR count). The van der Waals surface area contributed by atoms with Gasteiger partial charge < -0.3 is 14.7 Å². The van der Waals surface area contributed by atoms with E-state index < -0.39 is 15.9 Å². The third-order valence-electron chi connectivity index (χ3n) is 6.77. The Labute approximate surface area is 209 Å². The Morgan fingerprint density at radius 3 is 2.51 bits per heavy atom. The lowest BCUT2D eigenvalue weighted by atomic mass is 9.96. The van der Waals surface area contributed by atoms with Gasteiger partial charge in [0.15, 0.2) is 0 Å². The summed E-state index contributed by atoms with van der Waals surface area (Å²) in [6, 6.07) is 12.2. The number of aliphatic hydroxyl groups is 1. The molecule has 2 aromatic rings. The van der Waals surface area contributed by atoms with Crippen molar-refractivity contribution in [1.29, 1.82) is 0 Å². The minimum absolute atomic E-state index is 0.143. The number of carbonyl (C=O) groups excluding carboxylic acids is 1. The van der Waals surface area contributed by atoms with Crippen LogP contribution < -0.4 is 9.64 Å². The highest BCUT2D eigenvalue weighted by atomic mass is 32.2. The lowest BCUT2D eigenvalue weighted by Gasteiger charge is -2.23. The maximum absolute atomic E-state index is 13.1. The fourth-order valence-electron chi connectivity index (χ4n) is 4.54. The Balaban J connectivity index is 1.73. The number of aliphatic hydroxyl groups excluding tert-OH is 1. The minimum atomic E-state index is -3.72. The van der Waals surface area contributed by atoms with Gasteiger partial charge in [-0.2, -0.15) is 4.31 Å². The van der Waals surface area contributed by atoms with E-state index >= 15 is 0 Å². The van der Waals surface area contributed by atoms with Gasteiger partial charge in [0.2, 0.25) is 10.0 Å². The van der Waals surface area contributed by atoms with Gasteiger partial charge in [0.1, 0.15) is 5.75 Å². The lowest BCUT2D eigenvalue weighted by Crippen LogP contribution is -2.37. The highest BCUT2D eigenvalue weighted by Gasteiger charge is 2.35. The van der Waals surface area contributed by atoms with Crippen molar-refractivity contribution in [3.05, 3.63) is 53.6 Å². The Morgan fingerprint density at radius 1 is 1.20 bits per heavy atom. The first-order valence-corrected chi connectivity index (χ1v) is 13.9. The maximum atomic E-state index is 13.1. The van der Waals surface area contributed by atoms with E-state index in [4.69, 9.17) is 4.74 Å². The molecule has 1 fully saturated rings. The van der Waals surface area contributed by atoms with Gasteiger partial charge in [-0.05, 0) is 74.1 Å². The van der Waals surface area contributed by atoms with Crippen LogP contribution in [-0.2, 0) is 14.8 Å². The quantitative estimate of drug-likeness (QED) is 0.360. The van der Waals surface area contributed by atoms with E-state index in [1.165, 1.54) is 16.4 Å². The minimum Gasteiger partial charge on any atom is -0.426 e. The van der Waals surface area contributed by atoms with Gasteiger partial charge in [0.25, 0.3) is 0 Å². The molecule has 0 saturated carbocycles. The molecular weight excluding hydrogens is 464 g/mol. The van der Waals surface area contributed by atoms with Crippen molar-refractivity contribution in [2.75, 3.05) is 31.6 Å². The third-order valence-corrected chi connectivity index (χ3v) is 8.72. The second-order valence-electron chi connectivity index (χ2n) is 9.27. The van der Waals surface area contributed by atoms with Crippen molar-refractivity contribution >= 4 is 21.7 Å². The fourth-order valence-corrected chi connectivity index (χ4v) is 6.31. The number of rotatable bonds is 11. The SMILES string of the molecule is CCCCN(C)c1ccc(C(CC)C(=O)Oc2ccc(S(=O)(=O)N3CCC[C@H]3CO)cc2C)cc1. The molecule has 1 aliphatic heterocycles. The first-order chi connectivity index (χ1) is 16.7. The van der Waals surface area contributed by atoms with E-state index in [9.17, 15) is 18.3 Å². The van der Waals surface area contributed by atoms with Gasteiger partial charge in [-0.1, -0.05) is 32.4 Å². The molecule has 1 heterocycles. The predicted molar refractivity (Wildman–Crippen MR) is 138 cm³/mol. The van der Waals surface area contributed by atoms with Crippen molar-refractivity contribution in [2.45, 2.75) is 69.7 Å². The Hall–Kier alpha value is -2.42. The average Bonchev–Trinajstić information content (AvgIpc) is 3.34. The van der Waals surface area contributed by atoms with Crippen molar-refractivity contribution in [3.63, 3.8) is 0 Å². The molecule has 2 aromatic carbocycles. The summed E-state index contributed by atoms with van der Waals surface area (Å²) >= 11 is 0. The molecule has 0 spiro atoms. The summed E-state index contributed by atoms with van der Waals surface area (Å²) in [7, 11) is -1.65. The van der Waals surface area contributed by atoms with Crippen LogP contribution in [0.1, 0.15) is 63.0 Å². The number of hydrogen-bond acceptors (Lipinski definition) is 6. The number of ether oxygens (including phenoxy) is 1. The number of carbonyl (C=O) groups is 1. The predicted octanol–water partition coefficient (Wildman–Crippen LogP) is 4.48. The van der Waals surface area contributed by atoms with Crippen LogP contribution in [-0.4, -0.2) is 56.6 Å². The van der Waals surface area contributed by atoms with Gasteiger partial charge in [-0.25, -0.2) is 8.42 Å². The number of sulfonamides is 1. The second-order valence-corrected chi connectivity index (χ2v) is 11.2. The Morgan fingerprint density at radius 2 is 1.91 bits per heavy atom. The monoisotopic (exact) mass is 502 g/mol. The van der Waals surface area contributed by atoms with Crippen LogP contribution >= 0.6 is 0 Å². The summed E-state index contributed by atoms with van der Waals surface area (Å²) < 4.78 is 33.2. The number of hydrogen-bond donors (Lipinski definition) is 1. The molecule has 35 heavy (non-hydrogen) atoms. The van der Waals surface area contributed by atoms with Crippen LogP contribution in [0.2, 0.25) is 0 Å². The molecule has 1 saturated heterocycles. The third kappa shape index (κ3) is 6.23. The molecule has 1 unspecified atom stereocenters. The topological polar surface area (TPSA) is 87.2 Å². The van der Waals surface area contributed by atoms with Crippen molar-refractivity contribution < 1.29 is 23.1 Å². The highest BCUT2D eigenvalue weighted by molar-refractivity contribution is 7.89. The molecule has 1 aliphatic rings. The molecule has 0 radical (unpaired) electrons. The Kier molecular flexibility index (Phi) is 9.33. The van der Waals surface area contributed by atoms with Gasteiger partial charge >= 0.3 is 5.97 Å². The molecule has 2 atom stereocenters. The summed E-state index contributed by atoms with van der Waals surface area (Å²) in [6.45, 7) is 7.04. The summed E-state index contributed by atoms with van der Waals surface area (Å²) in [6.07, 6.45) is 4.24. The summed E-state index contributed by atoms with van der Waals surface area (Å²) in [5, 5.41) is 9.52. The zero-order chi connectivity index (χ0) is 25.6. The van der Waals surface area contributed by atoms with Crippen LogP contribution in [0.5, 0.6) is 5.75 Å². The van der Waals surface area contributed by atoms with E-state index in [1.807, 2.05) is 31.2 Å². The van der Waals surface area contributed by atoms with Crippen LogP contribution in [0.4, 0.5) is 5.69 Å². The molecular formula is C27H38N2O5S. The van der Waals surface area contributed by atoms with Crippen molar-refractivity contribution in [2.24, 2.45) is 0 Å². The number of nitrogens with zero attached hydrogens (tertiary/aromatic N) is 2. The van der Waals surface area contributed by atoms with Crippen LogP contribution in [0.25, 0.3) is 0 Å². The number of esters is 1. The summed E-state index contributed by atoms with van der Waals surface area (Å²) in [5.74, 6) is -0.427. The number of anilines is 1. The van der Waals surface area contributed by atoms with Crippen molar-refractivity contribution in [1.82, 2.24) is 4.31 Å². The number of unbranched alkanes of at least 4 members (excludes halogenated alkanes) is 1. The molecule has 7 nitrogen and oxygen atoms in total. The van der Waals surface area contributed by atoms with Crippen molar-refractivity contribution in [3.8, 4) is 5.75 Å². The summed E-state index contributed by atoms with van der Waals surface area (Å²) in [4.78, 5) is 15.4. The molecule has 8 heteroatoms. The molecule has 0 aliphatic carbocycles. The van der Waals surface area contributed by atoms with E-state index in [0.717, 1.165) is 37.1 Å². The number of aryl methyl sites for hydroxylation is 1. The normalized spacial score (nSPS) is 17.3. The molecule has 0 amide bonds. The first-order valence-electron chi connectivity index (χ1n) is 12.5. The second kappa shape index (κ2) is 12.0. The van der Waals surface area contributed by atoms with E-state index in [-0.39, 0.29) is 23.5 Å². The van der Waals surface area contributed by atoms with E-state index in [2.05, 4.69) is 18.9 Å². The molecule has 0 bridgehead atoms. The van der Waals surface area contributed by atoms with E-state index in [1.54, 1.807) is 13.0 Å². The highest BCUT2D eigenvalue weighted by Crippen LogP contribution is 2.30. The van der Waals surface area contributed by atoms with Gasteiger partial charge in [0, 0.05) is 31.9 Å². The first kappa shape index (κ1) is 27.2. The van der Waals surface area contributed by atoms with Gasteiger partial charge in [-0.3, -0.25) is 4.79 Å². The zero-order valence-electron chi connectivity index (χ0n) is 21.2. The molecule has 192 valence electrons. The standard InChI is InChI=1S/C27H38N2O5S/c1-5-7-16-28(4)22-12-10-21(11-13-22)25(6-2)27(31)34-26-15-14-24(18-20(26)3)35(32,33)29-17-8-9-23(29)19-30/h10-15,18,23,25,30H,5-9,16-17,19H2,1-4H3/t23-,25?/m0/s1. The van der Waals surface area contributed by atoms with Crippen LogP contribution in [0, 0.1) is 6.92 Å². The molecule has 1 N–H and O–H groups in total. The smallest absolute Gasteiger partial charge is 0.318 e. The maximum Gasteiger partial charge on any atom is 0.318 e. The van der Waals surface area contributed by atoms with Gasteiger partial charge in [0.05, 0.1) is 17.4 Å². The number of benzene rings is 2. The van der Waals surface area contributed by atoms with Crippen LogP contribution in [0.15, 0.2) is 47.4 Å². The van der Waals surface area contributed by atoms with Gasteiger partial charge in [-0.15, -0.1) is 0 Å². The lowest BCUT2D eigenvalue weighted by molar-refractivity contribution is -0.136. The van der Waals surface area contributed by atoms with Crippen LogP contribution in [0.3, 0.4) is 0 Å². The summed E-state index contributed by atoms with van der Waals surface area (Å²) in [5.41, 5.74) is 2.58. The Bertz CT molecular complexity index is 1100. The largest absolute Gasteiger partial charge is 0.426 e. The fraction of sp³-hybridized carbons (Fsp3) is 0.519.